The summed E-state index contributed by atoms with van der Waals surface area (Å²) in [6, 6.07) is 5.44. The Kier molecular flexibility index (Phi) is 4.96. The highest BCUT2D eigenvalue weighted by atomic mass is 35.5. The summed E-state index contributed by atoms with van der Waals surface area (Å²) in [5.74, 6) is 1.41. The molecule has 23 heavy (non-hydrogen) atoms. The monoisotopic (exact) mass is 367 g/mol. The molecule has 0 aliphatic carbocycles. The van der Waals surface area contributed by atoms with Crippen molar-refractivity contribution in [2.24, 2.45) is 5.73 Å². The van der Waals surface area contributed by atoms with Crippen molar-refractivity contribution in [3.8, 4) is 10.7 Å². The molecule has 0 spiro atoms. The molecule has 120 valence electrons. The van der Waals surface area contributed by atoms with E-state index in [1.165, 1.54) is 0 Å². The third-order valence-corrected chi connectivity index (χ3v) is 4.88. The lowest BCUT2D eigenvalue weighted by molar-refractivity contribution is 0.945. The number of halogens is 2. The first-order chi connectivity index (χ1) is 11.0. The Morgan fingerprint density at radius 2 is 1.91 bits per heavy atom. The summed E-state index contributed by atoms with van der Waals surface area (Å²) in [5, 5.41) is 9.49. The molecule has 3 N–H and O–H groups in total. The van der Waals surface area contributed by atoms with Crippen LogP contribution in [0.25, 0.3) is 10.7 Å². The fraction of sp³-hybridized carbons (Fsp3) is 0.267. The first-order valence-electron chi connectivity index (χ1n) is 7.08. The molecule has 0 amide bonds. The lowest BCUT2D eigenvalue weighted by Gasteiger charge is -2.00. The summed E-state index contributed by atoms with van der Waals surface area (Å²) in [6.07, 6.45) is 1.35. The van der Waals surface area contributed by atoms with Gasteiger partial charge in [-0.25, -0.2) is 9.97 Å². The summed E-state index contributed by atoms with van der Waals surface area (Å²) in [4.78, 5) is 10.0. The number of aromatic amines is 1. The van der Waals surface area contributed by atoms with Gasteiger partial charge in [-0.3, -0.25) is 5.10 Å². The van der Waals surface area contributed by atoms with E-state index in [-0.39, 0.29) is 0 Å². The first kappa shape index (κ1) is 16.4. The Morgan fingerprint density at radius 1 is 1.17 bits per heavy atom. The van der Waals surface area contributed by atoms with E-state index in [0.717, 1.165) is 33.4 Å². The molecule has 8 heteroatoms. The minimum Gasteiger partial charge on any atom is -0.330 e. The van der Waals surface area contributed by atoms with E-state index in [1.54, 1.807) is 17.4 Å². The highest BCUT2D eigenvalue weighted by Gasteiger charge is 2.14. The lowest BCUT2D eigenvalue weighted by atomic mass is 10.1. The summed E-state index contributed by atoms with van der Waals surface area (Å²) in [7, 11) is 0. The van der Waals surface area contributed by atoms with Crippen LogP contribution in [-0.2, 0) is 12.8 Å². The smallest absolute Gasteiger partial charge is 0.193 e. The van der Waals surface area contributed by atoms with Gasteiger partial charge in [0.2, 0.25) is 0 Å². The first-order valence-corrected chi connectivity index (χ1v) is 8.65. The maximum absolute atomic E-state index is 6.02. The van der Waals surface area contributed by atoms with Gasteiger partial charge in [-0.15, -0.1) is 11.3 Å². The minimum atomic E-state index is 0.584. The van der Waals surface area contributed by atoms with E-state index < -0.39 is 0 Å². The number of nitrogens with two attached hydrogens (primary N) is 1. The molecular formula is C15H15Cl2N5S. The molecule has 0 saturated carbocycles. The fourth-order valence-corrected chi connectivity index (χ4v) is 3.86. The number of benzene rings is 1. The van der Waals surface area contributed by atoms with E-state index in [2.05, 4.69) is 20.2 Å². The highest BCUT2D eigenvalue weighted by Crippen LogP contribution is 2.28. The SMILES string of the molecule is Cc1nc(CCN)sc1-c1n[nH]c(Cc2cc(Cl)cc(Cl)c2)n1. The number of hydrogen-bond acceptors (Lipinski definition) is 5. The van der Waals surface area contributed by atoms with Gasteiger partial charge in [0.15, 0.2) is 5.82 Å². The minimum absolute atomic E-state index is 0.584. The molecule has 0 fully saturated rings. The van der Waals surface area contributed by atoms with Gasteiger partial charge >= 0.3 is 0 Å². The largest absolute Gasteiger partial charge is 0.330 e. The number of nitrogens with one attached hydrogen (secondary N) is 1. The van der Waals surface area contributed by atoms with Crippen LogP contribution in [0.5, 0.6) is 0 Å². The molecule has 0 aliphatic heterocycles. The van der Waals surface area contributed by atoms with Crippen LogP contribution in [0, 0.1) is 6.92 Å². The number of nitrogens with zero attached hydrogens (tertiary/aromatic N) is 3. The Hall–Kier alpha value is -1.47. The van der Waals surface area contributed by atoms with E-state index in [1.807, 2.05) is 19.1 Å². The zero-order chi connectivity index (χ0) is 16.4. The zero-order valence-corrected chi connectivity index (χ0v) is 14.8. The van der Waals surface area contributed by atoms with Crippen molar-refractivity contribution >= 4 is 34.5 Å². The number of aromatic nitrogens is 4. The van der Waals surface area contributed by atoms with Gasteiger partial charge in [0.25, 0.3) is 0 Å². The molecule has 3 aromatic rings. The Morgan fingerprint density at radius 3 is 2.61 bits per heavy atom. The standard InChI is InChI=1S/C15H15Cl2N5S/c1-8-14(23-13(19-8)2-3-18)15-20-12(21-22-15)6-9-4-10(16)7-11(17)5-9/h4-5,7H,2-3,6,18H2,1H3,(H,20,21,22). The van der Waals surface area contributed by atoms with Crippen LogP contribution in [0.3, 0.4) is 0 Å². The van der Waals surface area contributed by atoms with Crippen LogP contribution in [0.15, 0.2) is 18.2 Å². The number of thiazole rings is 1. The summed E-state index contributed by atoms with van der Waals surface area (Å²) < 4.78 is 0. The summed E-state index contributed by atoms with van der Waals surface area (Å²) in [5.41, 5.74) is 7.49. The fourth-order valence-electron chi connectivity index (χ4n) is 2.27. The van der Waals surface area contributed by atoms with Crippen LogP contribution in [0.2, 0.25) is 10.0 Å². The van der Waals surface area contributed by atoms with Crippen molar-refractivity contribution < 1.29 is 0 Å². The predicted octanol–water partition coefficient (Wildman–Crippen LogP) is 3.64. The third-order valence-electron chi connectivity index (χ3n) is 3.23. The molecule has 0 saturated heterocycles. The molecule has 2 heterocycles. The normalized spacial score (nSPS) is 11.1. The van der Waals surface area contributed by atoms with Gasteiger partial charge in [-0.2, -0.15) is 5.10 Å². The quantitative estimate of drug-likeness (QED) is 0.721. The average molecular weight is 368 g/mol. The molecule has 2 aromatic heterocycles. The van der Waals surface area contributed by atoms with Gasteiger partial charge in [0, 0.05) is 22.9 Å². The van der Waals surface area contributed by atoms with Crippen molar-refractivity contribution in [2.75, 3.05) is 6.54 Å². The molecule has 0 aliphatic rings. The van der Waals surface area contributed by atoms with Crippen molar-refractivity contribution in [2.45, 2.75) is 19.8 Å². The molecule has 0 radical (unpaired) electrons. The van der Waals surface area contributed by atoms with Crippen molar-refractivity contribution in [3.05, 3.63) is 50.3 Å². The Balaban J connectivity index is 1.83. The number of rotatable bonds is 5. The number of hydrogen-bond donors (Lipinski definition) is 2. The Bertz CT molecular complexity index is 807. The van der Waals surface area contributed by atoms with Crippen LogP contribution in [0.1, 0.15) is 22.1 Å². The zero-order valence-electron chi connectivity index (χ0n) is 12.4. The second-order valence-electron chi connectivity index (χ2n) is 5.12. The van der Waals surface area contributed by atoms with E-state index >= 15 is 0 Å². The maximum Gasteiger partial charge on any atom is 0.193 e. The molecule has 0 atom stereocenters. The second kappa shape index (κ2) is 6.97. The van der Waals surface area contributed by atoms with Gasteiger partial charge < -0.3 is 5.73 Å². The van der Waals surface area contributed by atoms with E-state index in [0.29, 0.717) is 28.8 Å². The summed E-state index contributed by atoms with van der Waals surface area (Å²) >= 11 is 13.6. The maximum atomic E-state index is 6.02. The van der Waals surface area contributed by atoms with Crippen LogP contribution in [-0.4, -0.2) is 26.7 Å². The van der Waals surface area contributed by atoms with E-state index in [4.69, 9.17) is 28.9 Å². The van der Waals surface area contributed by atoms with Crippen LogP contribution in [0.4, 0.5) is 0 Å². The Labute approximate surface area is 147 Å². The van der Waals surface area contributed by atoms with Crippen LogP contribution >= 0.6 is 34.5 Å². The number of H-pyrrole nitrogens is 1. The van der Waals surface area contributed by atoms with Crippen molar-refractivity contribution in [1.82, 2.24) is 20.2 Å². The average Bonchev–Trinajstić information content (AvgIpc) is 3.05. The highest BCUT2D eigenvalue weighted by molar-refractivity contribution is 7.15. The van der Waals surface area contributed by atoms with Gasteiger partial charge in [-0.1, -0.05) is 23.2 Å². The van der Waals surface area contributed by atoms with Crippen LogP contribution < -0.4 is 5.73 Å². The molecule has 1 aromatic carbocycles. The molecular weight excluding hydrogens is 353 g/mol. The molecule has 5 nitrogen and oxygen atoms in total. The lowest BCUT2D eigenvalue weighted by Crippen LogP contribution is -2.01. The predicted molar refractivity (Wildman–Crippen MR) is 94.3 cm³/mol. The number of aryl methyl sites for hydroxylation is 1. The molecule has 3 rings (SSSR count). The van der Waals surface area contributed by atoms with Gasteiger partial charge in [-0.05, 0) is 37.2 Å². The van der Waals surface area contributed by atoms with Crippen molar-refractivity contribution in [1.29, 1.82) is 0 Å². The van der Waals surface area contributed by atoms with Crippen molar-refractivity contribution in [3.63, 3.8) is 0 Å². The molecule has 0 bridgehead atoms. The summed E-state index contributed by atoms with van der Waals surface area (Å²) in [6.45, 7) is 2.54. The van der Waals surface area contributed by atoms with E-state index in [9.17, 15) is 0 Å². The third kappa shape index (κ3) is 3.90. The topological polar surface area (TPSA) is 80.5 Å². The second-order valence-corrected chi connectivity index (χ2v) is 7.08. The van der Waals surface area contributed by atoms with Gasteiger partial charge in [0.1, 0.15) is 5.82 Å². The van der Waals surface area contributed by atoms with Gasteiger partial charge in [0.05, 0.1) is 15.6 Å². The molecule has 0 unspecified atom stereocenters.